The third-order valence-electron chi connectivity index (χ3n) is 3.05. The molecule has 1 atom stereocenters. The summed E-state index contributed by atoms with van der Waals surface area (Å²) in [5.41, 5.74) is 1.12. The molecule has 2 rings (SSSR count). The quantitative estimate of drug-likeness (QED) is 0.736. The first-order chi connectivity index (χ1) is 8.88. The van der Waals surface area contributed by atoms with Crippen LogP contribution in [0.15, 0.2) is 12.4 Å². The van der Waals surface area contributed by atoms with Crippen LogP contribution in [0, 0.1) is 0 Å². The first-order valence-electron chi connectivity index (χ1n) is 6.84. The third-order valence-corrected chi connectivity index (χ3v) is 4.03. The van der Waals surface area contributed by atoms with Crippen molar-refractivity contribution >= 4 is 17.4 Å². The van der Waals surface area contributed by atoms with Gasteiger partial charge in [0.2, 0.25) is 0 Å². The second-order valence-electron chi connectivity index (χ2n) is 4.56. The summed E-state index contributed by atoms with van der Waals surface area (Å²) in [6.45, 7) is 5.02. The van der Waals surface area contributed by atoms with Crippen molar-refractivity contribution in [3.63, 3.8) is 0 Å². The smallest absolute Gasteiger partial charge is 0.0771 e. The topological polar surface area (TPSA) is 39.1 Å². The van der Waals surface area contributed by atoms with E-state index in [4.69, 9.17) is 4.74 Å². The molecule has 1 aromatic heterocycles. The molecule has 1 N–H and O–H groups in total. The lowest BCUT2D eigenvalue weighted by Crippen LogP contribution is -2.15. The lowest BCUT2D eigenvalue weighted by Gasteiger charge is -2.08. The molecule has 0 aromatic carbocycles. The number of hydrogen-bond donors (Lipinski definition) is 1. The fraction of sp³-hybridized carbons (Fsp3) is 0.769. The Hall–Kier alpha value is -0.680. The van der Waals surface area contributed by atoms with Gasteiger partial charge in [0, 0.05) is 19.3 Å². The highest BCUT2D eigenvalue weighted by atomic mass is 32.2. The number of nitrogens with zero attached hydrogens (tertiary/aromatic N) is 2. The zero-order valence-electron chi connectivity index (χ0n) is 11.1. The van der Waals surface area contributed by atoms with Gasteiger partial charge in [0.05, 0.1) is 24.5 Å². The van der Waals surface area contributed by atoms with Crippen molar-refractivity contribution in [3.8, 4) is 0 Å². The van der Waals surface area contributed by atoms with Gasteiger partial charge < -0.3 is 10.1 Å². The molecule has 0 aliphatic carbocycles. The van der Waals surface area contributed by atoms with Crippen LogP contribution in [-0.4, -0.2) is 40.5 Å². The van der Waals surface area contributed by atoms with E-state index in [1.807, 2.05) is 22.6 Å². The van der Waals surface area contributed by atoms with Crippen LogP contribution < -0.4 is 5.32 Å². The Morgan fingerprint density at radius 2 is 2.56 bits per heavy atom. The lowest BCUT2D eigenvalue weighted by atomic mass is 10.2. The number of thioether (sulfide) groups is 1. The van der Waals surface area contributed by atoms with E-state index in [1.165, 1.54) is 24.3 Å². The molecule has 1 fully saturated rings. The second kappa shape index (κ2) is 7.69. The Balaban J connectivity index is 1.65. The zero-order valence-corrected chi connectivity index (χ0v) is 11.9. The highest BCUT2D eigenvalue weighted by Crippen LogP contribution is 2.15. The highest BCUT2D eigenvalue weighted by molar-refractivity contribution is 7.99. The van der Waals surface area contributed by atoms with E-state index in [9.17, 15) is 0 Å². The van der Waals surface area contributed by atoms with Gasteiger partial charge in [-0.25, -0.2) is 0 Å². The van der Waals surface area contributed by atoms with Gasteiger partial charge in [-0.1, -0.05) is 6.92 Å². The molecule has 18 heavy (non-hydrogen) atoms. The number of nitrogens with one attached hydrogen (secondary N) is 1. The van der Waals surface area contributed by atoms with Gasteiger partial charge in [0.25, 0.3) is 0 Å². The van der Waals surface area contributed by atoms with Gasteiger partial charge in [-0.3, -0.25) is 4.68 Å². The van der Waals surface area contributed by atoms with E-state index in [2.05, 4.69) is 23.5 Å². The Kier molecular flexibility index (Phi) is 5.87. The average Bonchev–Trinajstić information content (AvgIpc) is 3.02. The standard InChI is InChI=1S/C13H23N3OS/c1-2-18-8-4-6-14-12-9-15-16(10-12)11-13-5-3-7-17-13/h9-10,13-14H,2-8,11H2,1H3. The predicted octanol–water partition coefficient (Wildman–Crippen LogP) is 2.62. The molecule has 1 aliphatic rings. The Labute approximate surface area is 113 Å². The van der Waals surface area contributed by atoms with Gasteiger partial charge in [0.1, 0.15) is 0 Å². The van der Waals surface area contributed by atoms with Crippen LogP contribution >= 0.6 is 11.8 Å². The van der Waals surface area contributed by atoms with E-state index >= 15 is 0 Å². The maximum absolute atomic E-state index is 5.61. The summed E-state index contributed by atoms with van der Waals surface area (Å²) in [7, 11) is 0. The number of anilines is 1. The van der Waals surface area contributed by atoms with E-state index < -0.39 is 0 Å². The minimum absolute atomic E-state index is 0.360. The third kappa shape index (κ3) is 4.53. The first-order valence-corrected chi connectivity index (χ1v) is 7.99. The van der Waals surface area contributed by atoms with Gasteiger partial charge in [0.15, 0.2) is 0 Å². The molecule has 0 saturated carbocycles. The minimum Gasteiger partial charge on any atom is -0.382 e. The Bertz CT molecular complexity index is 337. The van der Waals surface area contributed by atoms with Crippen molar-refractivity contribution < 1.29 is 4.74 Å². The van der Waals surface area contributed by atoms with E-state index in [0.717, 1.165) is 31.8 Å². The summed E-state index contributed by atoms with van der Waals surface area (Å²) in [5.74, 6) is 2.44. The molecule has 0 spiro atoms. The molecule has 102 valence electrons. The molecular formula is C13H23N3OS. The average molecular weight is 269 g/mol. The molecule has 5 heteroatoms. The summed E-state index contributed by atoms with van der Waals surface area (Å²) in [4.78, 5) is 0. The minimum atomic E-state index is 0.360. The van der Waals surface area contributed by atoms with E-state index in [-0.39, 0.29) is 0 Å². The van der Waals surface area contributed by atoms with Gasteiger partial charge in [-0.05, 0) is 30.8 Å². The van der Waals surface area contributed by atoms with Crippen LogP contribution in [0.2, 0.25) is 0 Å². The van der Waals surface area contributed by atoms with Crippen molar-refractivity contribution in [1.82, 2.24) is 9.78 Å². The molecule has 1 saturated heterocycles. The number of aromatic nitrogens is 2. The maximum Gasteiger partial charge on any atom is 0.0771 e. The Morgan fingerprint density at radius 3 is 3.33 bits per heavy atom. The van der Waals surface area contributed by atoms with Crippen LogP contribution in [-0.2, 0) is 11.3 Å². The Morgan fingerprint density at radius 1 is 1.61 bits per heavy atom. The summed E-state index contributed by atoms with van der Waals surface area (Å²) < 4.78 is 7.59. The first kappa shape index (κ1) is 13.7. The van der Waals surface area contributed by atoms with Gasteiger partial charge in [-0.15, -0.1) is 0 Å². The van der Waals surface area contributed by atoms with Crippen molar-refractivity contribution in [1.29, 1.82) is 0 Å². The molecule has 1 aliphatic heterocycles. The molecule has 2 heterocycles. The summed E-state index contributed by atoms with van der Waals surface area (Å²) in [5, 5.41) is 7.78. The largest absolute Gasteiger partial charge is 0.382 e. The van der Waals surface area contributed by atoms with E-state index in [1.54, 1.807) is 0 Å². The van der Waals surface area contributed by atoms with Crippen LogP contribution in [0.5, 0.6) is 0 Å². The summed E-state index contributed by atoms with van der Waals surface area (Å²) in [6, 6.07) is 0. The molecular weight excluding hydrogens is 246 g/mol. The number of rotatable bonds is 8. The van der Waals surface area contributed by atoms with Gasteiger partial charge >= 0.3 is 0 Å². The van der Waals surface area contributed by atoms with Crippen LogP contribution in [0.25, 0.3) is 0 Å². The van der Waals surface area contributed by atoms with E-state index in [0.29, 0.717) is 6.10 Å². The summed E-state index contributed by atoms with van der Waals surface area (Å²) in [6.07, 6.45) is 7.90. The molecule has 0 amide bonds. The molecule has 1 aromatic rings. The summed E-state index contributed by atoms with van der Waals surface area (Å²) >= 11 is 1.99. The van der Waals surface area contributed by atoms with Crippen LogP contribution in [0.1, 0.15) is 26.2 Å². The predicted molar refractivity (Wildman–Crippen MR) is 77.3 cm³/mol. The van der Waals surface area contributed by atoms with Crippen molar-refractivity contribution in [3.05, 3.63) is 12.4 Å². The van der Waals surface area contributed by atoms with Crippen molar-refractivity contribution in [2.45, 2.75) is 38.8 Å². The molecule has 0 bridgehead atoms. The SMILES string of the molecule is CCSCCCNc1cnn(CC2CCCO2)c1. The molecule has 1 unspecified atom stereocenters. The number of hydrogen-bond acceptors (Lipinski definition) is 4. The molecule has 0 radical (unpaired) electrons. The normalized spacial score (nSPS) is 19.3. The van der Waals surface area contributed by atoms with Crippen LogP contribution in [0.3, 0.4) is 0 Å². The van der Waals surface area contributed by atoms with Gasteiger partial charge in [-0.2, -0.15) is 16.9 Å². The number of ether oxygens (including phenoxy) is 1. The maximum atomic E-state index is 5.61. The lowest BCUT2D eigenvalue weighted by molar-refractivity contribution is 0.0940. The van der Waals surface area contributed by atoms with Crippen LogP contribution in [0.4, 0.5) is 5.69 Å². The van der Waals surface area contributed by atoms with Crippen molar-refractivity contribution in [2.75, 3.05) is 30.0 Å². The zero-order chi connectivity index (χ0) is 12.6. The monoisotopic (exact) mass is 269 g/mol. The highest BCUT2D eigenvalue weighted by Gasteiger charge is 2.16. The fourth-order valence-corrected chi connectivity index (χ4v) is 2.74. The fourth-order valence-electron chi connectivity index (χ4n) is 2.10. The molecule has 4 nitrogen and oxygen atoms in total. The second-order valence-corrected chi connectivity index (χ2v) is 5.96. The van der Waals surface area contributed by atoms with Crippen molar-refractivity contribution in [2.24, 2.45) is 0 Å².